The van der Waals surface area contributed by atoms with Gasteiger partial charge >= 0.3 is 0 Å². The molecule has 3 atom stereocenters. The van der Waals surface area contributed by atoms with Crippen molar-refractivity contribution in [2.24, 2.45) is 5.92 Å². The molecular formula is C23H28BrN. The zero-order chi connectivity index (χ0) is 16.6. The highest BCUT2D eigenvalue weighted by Crippen LogP contribution is 2.43. The molecule has 0 N–H and O–H groups in total. The fraction of sp³-hybridized carbons (Fsp3) is 0.391. The fourth-order valence-corrected chi connectivity index (χ4v) is 4.89. The van der Waals surface area contributed by atoms with Crippen molar-refractivity contribution in [2.45, 2.75) is 37.8 Å². The van der Waals surface area contributed by atoms with E-state index in [-0.39, 0.29) is 17.0 Å². The van der Waals surface area contributed by atoms with Gasteiger partial charge in [0.15, 0.2) is 0 Å². The van der Waals surface area contributed by atoms with Gasteiger partial charge in [0.05, 0.1) is 26.2 Å². The van der Waals surface area contributed by atoms with Crippen LogP contribution in [0.15, 0.2) is 66.7 Å². The zero-order valence-electron chi connectivity index (χ0n) is 15.2. The van der Waals surface area contributed by atoms with Crippen LogP contribution in [0.3, 0.4) is 0 Å². The van der Waals surface area contributed by atoms with E-state index in [1.165, 1.54) is 46.9 Å². The Bertz CT molecular complexity index is 663. The molecule has 1 nitrogen and oxygen atoms in total. The minimum atomic E-state index is 0. The molecule has 2 heteroatoms. The van der Waals surface area contributed by atoms with Crippen molar-refractivity contribution < 1.29 is 21.5 Å². The number of benzene rings is 2. The molecule has 25 heavy (non-hydrogen) atoms. The normalized spacial score (nSPS) is 26.6. The van der Waals surface area contributed by atoms with Gasteiger partial charge in [0.25, 0.3) is 0 Å². The van der Waals surface area contributed by atoms with Gasteiger partial charge in [-0.2, -0.15) is 0 Å². The van der Waals surface area contributed by atoms with Crippen LogP contribution in [0.25, 0.3) is 5.57 Å². The van der Waals surface area contributed by atoms with Gasteiger partial charge in [-0.1, -0.05) is 66.7 Å². The number of hydrogen-bond donors (Lipinski definition) is 0. The third-order valence-corrected chi connectivity index (χ3v) is 6.44. The molecule has 0 radical (unpaired) electrons. The lowest BCUT2D eigenvalue weighted by Gasteiger charge is -2.44. The molecule has 0 saturated carbocycles. The molecular weight excluding hydrogens is 370 g/mol. The largest absolute Gasteiger partial charge is 1.00 e. The molecule has 0 amide bonds. The Balaban J connectivity index is 0.00000182. The van der Waals surface area contributed by atoms with E-state index in [2.05, 4.69) is 80.8 Å². The number of rotatable bonds is 3. The first-order valence-corrected chi connectivity index (χ1v) is 9.30. The summed E-state index contributed by atoms with van der Waals surface area (Å²) in [5, 5.41) is 0. The van der Waals surface area contributed by atoms with Crippen molar-refractivity contribution in [3.8, 4) is 0 Å². The van der Waals surface area contributed by atoms with Crippen molar-refractivity contribution in [1.82, 2.24) is 0 Å². The van der Waals surface area contributed by atoms with Crippen LogP contribution >= 0.6 is 0 Å². The Morgan fingerprint density at radius 1 is 0.800 bits per heavy atom. The summed E-state index contributed by atoms with van der Waals surface area (Å²) in [6.07, 6.45) is 8.08. The summed E-state index contributed by atoms with van der Waals surface area (Å²) < 4.78 is 1.25. The lowest BCUT2D eigenvalue weighted by Crippen LogP contribution is -3.00. The molecule has 1 unspecified atom stereocenters. The maximum absolute atomic E-state index is 2.58. The Kier molecular flexibility index (Phi) is 5.50. The van der Waals surface area contributed by atoms with Crippen molar-refractivity contribution in [3.63, 3.8) is 0 Å². The molecule has 132 valence electrons. The summed E-state index contributed by atoms with van der Waals surface area (Å²) >= 11 is 0. The van der Waals surface area contributed by atoms with Crippen molar-refractivity contribution >= 4 is 5.57 Å². The number of nitrogens with zero attached hydrogens (tertiary/aromatic N) is 1. The van der Waals surface area contributed by atoms with Crippen LogP contribution < -0.4 is 17.0 Å². The summed E-state index contributed by atoms with van der Waals surface area (Å²) in [4.78, 5) is 0. The number of hydrogen-bond acceptors (Lipinski definition) is 0. The molecule has 2 heterocycles. The Morgan fingerprint density at radius 2 is 1.24 bits per heavy atom. The van der Waals surface area contributed by atoms with Crippen molar-refractivity contribution in [3.05, 3.63) is 77.9 Å². The van der Waals surface area contributed by atoms with Crippen molar-refractivity contribution in [1.29, 1.82) is 0 Å². The van der Waals surface area contributed by atoms with E-state index in [1.54, 1.807) is 0 Å². The van der Waals surface area contributed by atoms with Gasteiger partial charge in [0, 0.05) is 25.7 Å². The van der Waals surface area contributed by atoms with Crippen molar-refractivity contribution in [2.75, 3.05) is 14.1 Å². The standard InChI is InChI=1S/C23H28N.BrH/c1-24(2)21-13-14-22(24)16-18(15-21)17-23(19-9-5-3-6-10-19)20-11-7-4-8-12-20;/h3-12,17-18,21-22H,13-16H2,1-2H3;1H/q+1;/p-1/t18?,21-,22+;. The monoisotopic (exact) mass is 397 g/mol. The molecule has 2 aliphatic rings. The topological polar surface area (TPSA) is 0 Å². The molecule has 2 aliphatic heterocycles. The third-order valence-electron chi connectivity index (χ3n) is 6.44. The molecule has 2 saturated heterocycles. The summed E-state index contributed by atoms with van der Waals surface area (Å²) in [7, 11) is 4.88. The first kappa shape index (κ1) is 18.4. The molecule has 2 fully saturated rings. The number of allylic oxidation sites excluding steroid dienone is 1. The second kappa shape index (κ2) is 7.47. The van der Waals surface area contributed by atoms with E-state index in [0.29, 0.717) is 5.92 Å². The highest BCUT2D eigenvalue weighted by molar-refractivity contribution is 5.79. The lowest BCUT2D eigenvalue weighted by molar-refractivity contribution is -0.931. The van der Waals surface area contributed by atoms with Crippen LogP contribution in [0.5, 0.6) is 0 Å². The van der Waals surface area contributed by atoms with Crippen LogP contribution in [0.1, 0.15) is 36.8 Å². The minimum Gasteiger partial charge on any atom is -1.00 e. The van der Waals surface area contributed by atoms with Gasteiger partial charge < -0.3 is 21.5 Å². The number of piperidine rings is 1. The average Bonchev–Trinajstić information content (AvgIpc) is 2.79. The molecule has 2 aromatic rings. The van der Waals surface area contributed by atoms with E-state index in [9.17, 15) is 0 Å². The van der Waals surface area contributed by atoms with E-state index >= 15 is 0 Å². The first-order valence-electron chi connectivity index (χ1n) is 9.30. The van der Waals surface area contributed by atoms with Crippen LogP contribution in [0.2, 0.25) is 0 Å². The van der Waals surface area contributed by atoms with E-state index in [1.807, 2.05) is 0 Å². The van der Waals surface area contributed by atoms with Crippen LogP contribution in [-0.2, 0) is 0 Å². The highest BCUT2D eigenvalue weighted by Gasteiger charge is 2.48. The quantitative estimate of drug-likeness (QED) is 0.696. The van der Waals surface area contributed by atoms with Gasteiger partial charge in [0.2, 0.25) is 0 Å². The van der Waals surface area contributed by atoms with E-state index in [4.69, 9.17) is 0 Å². The number of halogens is 1. The highest BCUT2D eigenvalue weighted by atomic mass is 79.9. The second-order valence-corrected chi connectivity index (χ2v) is 8.06. The van der Waals surface area contributed by atoms with Gasteiger partial charge in [-0.15, -0.1) is 0 Å². The smallest absolute Gasteiger partial charge is 0.0896 e. The number of quaternary nitrogens is 1. The van der Waals surface area contributed by atoms with Crippen LogP contribution in [0, 0.1) is 5.92 Å². The van der Waals surface area contributed by atoms with Gasteiger partial charge in [0.1, 0.15) is 0 Å². The van der Waals surface area contributed by atoms with E-state index in [0.717, 1.165) is 12.1 Å². The second-order valence-electron chi connectivity index (χ2n) is 8.06. The molecule has 4 rings (SSSR count). The number of fused-ring (bicyclic) bond motifs is 2. The zero-order valence-corrected chi connectivity index (χ0v) is 16.8. The Hall–Kier alpha value is -1.38. The molecule has 2 aromatic carbocycles. The van der Waals surface area contributed by atoms with Crippen LogP contribution in [-0.4, -0.2) is 30.7 Å². The average molecular weight is 398 g/mol. The summed E-state index contributed by atoms with van der Waals surface area (Å²) in [6, 6.07) is 23.5. The lowest BCUT2D eigenvalue weighted by atomic mass is 9.85. The van der Waals surface area contributed by atoms with Gasteiger partial charge in [-0.05, 0) is 22.6 Å². The maximum Gasteiger partial charge on any atom is 0.0896 e. The Morgan fingerprint density at radius 3 is 1.68 bits per heavy atom. The summed E-state index contributed by atoms with van der Waals surface area (Å²) in [6.45, 7) is 0. The minimum absolute atomic E-state index is 0. The maximum atomic E-state index is 2.58. The van der Waals surface area contributed by atoms with Gasteiger partial charge in [-0.3, -0.25) is 0 Å². The summed E-state index contributed by atoms with van der Waals surface area (Å²) in [5.41, 5.74) is 4.10. The first-order chi connectivity index (χ1) is 11.6. The molecule has 0 spiro atoms. The molecule has 2 bridgehead atoms. The molecule has 0 aliphatic carbocycles. The molecule has 0 aromatic heterocycles. The van der Waals surface area contributed by atoms with Gasteiger partial charge in [-0.25, -0.2) is 0 Å². The predicted octanol–water partition coefficient (Wildman–Crippen LogP) is 2.14. The van der Waals surface area contributed by atoms with Crippen LogP contribution in [0.4, 0.5) is 0 Å². The van der Waals surface area contributed by atoms with E-state index < -0.39 is 0 Å². The Labute approximate surface area is 162 Å². The SMILES string of the molecule is C[N+]1(C)[C@@H]2CC[C@H]1CC(C=C(c1ccccc1)c1ccccc1)C2.[Br-]. The summed E-state index contributed by atoms with van der Waals surface area (Å²) in [5.74, 6) is 0.712. The fourth-order valence-electron chi connectivity index (χ4n) is 4.89. The predicted molar refractivity (Wildman–Crippen MR) is 102 cm³/mol. The third kappa shape index (κ3) is 3.61.